The van der Waals surface area contributed by atoms with Gasteiger partial charge < -0.3 is 20.5 Å². The Morgan fingerprint density at radius 2 is 2.12 bits per heavy atom. The molecular weight excluding hydrogens is 220 g/mol. The number of nitrogens with two attached hydrogens (primary N) is 1. The number of anilines is 1. The van der Waals surface area contributed by atoms with Gasteiger partial charge >= 0.3 is 0 Å². The van der Waals surface area contributed by atoms with E-state index in [0.717, 1.165) is 6.42 Å². The van der Waals surface area contributed by atoms with Crippen LogP contribution in [-0.2, 0) is 9.53 Å². The molecule has 1 aromatic carbocycles. The Hall–Kier alpha value is -1.59. The Kier molecular flexibility index (Phi) is 6.06. The number of rotatable bonds is 7. The number of nitrogens with one attached hydrogen (secondary N) is 1. The maximum absolute atomic E-state index is 11.2. The van der Waals surface area contributed by atoms with Gasteiger partial charge in [-0.1, -0.05) is 12.1 Å². The minimum atomic E-state index is -0.238. The van der Waals surface area contributed by atoms with Crippen molar-refractivity contribution in [1.82, 2.24) is 0 Å². The van der Waals surface area contributed by atoms with Crippen LogP contribution in [0.25, 0.3) is 0 Å². The van der Waals surface area contributed by atoms with E-state index in [1.165, 1.54) is 0 Å². The maximum atomic E-state index is 11.2. The molecule has 0 unspecified atom stereocenters. The molecule has 1 rings (SSSR count). The second-order valence-corrected chi connectivity index (χ2v) is 3.44. The molecule has 17 heavy (non-hydrogen) atoms. The highest BCUT2D eigenvalue weighted by Crippen LogP contribution is 2.23. The van der Waals surface area contributed by atoms with Crippen LogP contribution in [0, 0.1) is 0 Å². The fourth-order valence-electron chi connectivity index (χ4n) is 1.28. The van der Waals surface area contributed by atoms with Gasteiger partial charge in [-0.25, -0.2) is 0 Å². The Morgan fingerprint density at radius 3 is 2.82 bits per heavy atom. The van der Waals surface area contributed by atoms with Gasteiger partial charge in [-0.05, 0) is 12.1 Å². The number of carbonyl (C=O) groups is 1. The second-order valence-electron chi connectivity index (χ2n) is 3.44. The van der Waals surface area contributed by atoms with E-state index in [4.69, 9.17) is 15.2 Å². The van der Waals surface area contributed by atoms with Gasteiger partial charge in [0.25, 0.3) is 0 Å². The summed E-state index contributed by atoms with van der Waals surface area (Å²) in [5.74, 6) is 0.406. The standard InChI is InChI=1S/C12H18N2O3/c1-16-7-4-8-17-11-6-3-2-5-10(11)14-12(15)9-13/h2-3,5-6H,4,7-9,13H2,1H3,(H,14,15). The zero-order valence-electron chi connectivity index (χ0n) is 9.94. The van der Waals surface area contributed by atoms with E-state index in [-0.39, 0.29) is 12.5 Å². The van der Waals surface area contributed by atoms with E-state index in [9.17, 15) is 4.79 Å². The van der Waals surface area contributed by atoms with Crippen LogP contribution in [0.15, 0.2) is 24.3 Å². The molecular formula is C12H18N2O3. The zero-order valence-corrected chi connectivity index (χ0v) is 9.94. The van der Waals surface area contributed by atoms with E-state index in [2.05, 4.69) is 5.32 Å². The normalized spacial score (nSPS) is 10.0. The van der Waals surface area contributed by atoms with Crippen LogP contribution in [0.4, 0.5) is 5.69 Å². The van der Waals surface area contributed by atoms with Gasteiger partial charge in [0.2, 0.25) is 5.91 Å². The summed E-state index contributed by atoms with van der Waals surface area (Å²) in [5.41, 5.74) is 5.88. The predicted octanol–water partition coefficient (Wildman–Crippen LogP) is 0.999. The van der Waals surface area contributed by atoms with E-state index < -0.39 is 0 Å². The average Bonchev–Trinajstić information content (AvgIpc) is 2.36. The van der Waals surface area contributed by atoms with Gasteiger partial charge in [0.1, 0.15) is 5.75 Å². The number of carbonyl (C=O) groups excluding carboxylic acids is 1. The molecule has 3 N–H and O–H groups in total. The lowest BCUT2D eigenvalue weighted by Gasteiger charge is -2.11. The van der Waals surface area contributed by atoms with Crippen LogP contribution >= 0.6 is 0 Å². The first-order valence-corrected chi connectivity index (χ1v) is 5.48. The molecule has 0 atom stereocenters. The van der Waals surface area contributed by atoms with E-state index in [0.29, 0.717) is 24.7 Å². The SMILES string of the molecule is COCCCOc1ccccc1NC(=O)CN. The summed E-state index contributed by atoms with van der Waals surface area (Å²) < 4.78 is 10.5. The smallest absolute Gasteiger partial charge is 0.238 e. The van der Waals surface area contributed by atoms with Gasteiger partial charge in [0, 0.05) is 20.1 Å². The van der Waals surface area contributed by atoms with Crippen molar-refractivity contribution in [3.05, 3.63) is 24.3 Å². The molecule has 0 heterocycles. The van der Waals surface area contributed by atoms with Gasteiger partial charge in [0.05, 0.1) is 18.8 Å². The van der Waals surface area contributed by atoms with Crippen molar-refractivity contribution in [2.75, 3.05) is 32.2 Å². The van der Waals surface area contributed by atoms with Crippen molar-refractivity contribution in [2.45, 2.75) is 6.42 Å². The van der Waals surface area contributed by atoms with Gasteiger partial charge in [-0.15, -0.1) is 0 Å². The molecule has 94 valence electrons. The molecule has 5 heteroatoms. The van der Waals surface area contributed by atoms with Crippen molar-refractivity contribution in [1.29, 1.82) is 0 Å². The van der Waals surface area contributed by atoms with E-state index in [1.807, 2.05) is 12.1 Å². The summed E-state index contributed by atoms with van der Waals surface area (Å²) in [4.78, 5) is 11.2. The van der Waals surface area contributed by atoms with Crippen molar-refractivity contribution in [2.24, 2.45) is 5.73 Å². The number of methoxy groups -OCH3 is 1. The van der Waals surface area contributed by atoms with Crippen molar-refractivity contribution >= 4 is 11.6 Å². The number of amides is 1. The molecule has 0 saturated carbocycles. The van der Waals surface area contributed by atoms with Crippen LogP contribution in [-0.4, -0.2) is 32.8 Å². The minimum absolute atomic E-state index is 0.0436. The predicted molar refractivity (Wildman–Crippen MR) is 66.1 cm³/mol. The number of benzene rings is 1. The van der Waals surface area contributed by atoms with Gasteiger partial charge in [0.15, 0.2) is 0 Å². The molecule has 0 aromatic heterocycles. The lowest BCUT2D eigenvalue weighted by Crippen LogP contribution is -2.22. The first kappa shape index (κ1) is 13.5. The van der Waals surface area contributed by atoms with Crippen molar-refractivity contribution in [3.63, 3.8) is 0 Å². The van der Waals surface area contributed by atoms with Crippen molar-refractivity contribution < 1.29 is 14.3 Å². The zero-order chi connectivity index (χ0) is 12.5. The molecule has 0 fully saturated rings. The summed E-state index contributed by atoms with van der Waals surface area (Å²) in [7, 11) is 1.65. The Balaban J connectivity index is 2.54. The molecule has 0 bridgehead atoms. The average molecular weight is 238 g/mol. The highest BCUT2D eigenvalue weighted by molar-refractivity contribution is 5.93. The first-order chi connectivity index (χ1) is 8.27. The van der Waals surface area contributed by atoms with Crippen LogP contribution in [0.1, 0.15) is 6.42 Å². The highest BCUT2D eigenvalue weighted by Gasteiger charge is 2.05. The molecule has 1 amide bonds. The van der Waals surface area contributed by atoms with Gasteiger partial charge in [-0.2, -0.15) is 0 Å². The minimum Gasteiger partial charge on any atom is -0.491 e. The Labute approximate surface area is 101 Å². The third kappa shape index (κ3) is 4.84. The molecule has 0 aliphatic heterocycles. The summed E-state index contributed by atoms with van der Waals surface area (Å²) >= 11 is 0. The highest BCUT2D eigenvalue weighted by atomic mass is 16.5. The van der Waals surface area contributed by atoms with Crippen LogP contribution in [0.3, 0.4) is 0 Å². The first-order valence-electron chi connectivity index (χ1n) is 5.48. The second kappa shape index (κ2) is 7.65. The summed E-state index contributed by atoms with van der Waals surface area (Å²) in [6, 6.07) is 7.26. The third-order valence-electron chi connectivity index (χ3n) is 2.10. The largest absolute Gasteiger partial charge is 0.491 e. The fraction of sp³-hybridized carbons (Fsp3) is 0.417. The van der Waals surface area contributed by atoms with E-state index in [1.54, 1.807) is 19.2 Å². The topological polar surface area (TPSA) is 73.6 Å². The molecule has 1 aromatic rings. The molecule has 5 nitrogen and oxygen atoms in total. The quantitative estimate of drug-likeness (QED) is 0.695. The maximum Gasteiger partial charge on any atom is 0.238 e. The number of ether oxygens (including phenoxy) is 2. The molecule has 0 aliphatic rings. The number of hydrogen-bond donors (Lipinski definition) is 2. The van der Waals surface area contributed by atoms with Crippen LogP contribution in [0.5, 0.6) is 5.75 Å². The Bertz CT molecular complexity index is 355. The van der Waals surface area contributed by atoms with Crippen molar-refractivity contribution in [3.8, 4) is 5.75 Å². The fourth-order valence-corrected chi connectivity index (χ4v) is 1.28. The van der Waals surface area contributed by atoms with Gasteiger partial charge in [-0.3, -0.25) is 4.79 Å². The van der Waals surface area contributed by atoms with E-state index >= 15 is 0 Å². The number of hydrogen-bond acceptors (Lipinski definition) is 4. The lowest BCUT2D eigenvalue weighted by atomic mass is 10.3. The summed E-state index contributed by atoms with van der Waals surface area (Å²) in [5, 5.41) is 2.68. The molecule has 0 saturated heterocycles. The lowest BCUT2D eigenvalue weighted by molar-refractivity contribution is -0.114. The molecule has 0 spiro atoms. The number of para-hydroxylation sites is 2. The third-order valence-corrected chi connectivity index (χ3v) is 2.10. The monoisotopic (exact) mass is 238 g/mol. The molecule has 0 radical (unpaired) electrons. The Morgan fingerprint density at radius 1 is 1.35 bits per heavy atom. The summed E-state index contributed by atoms with van der Waals surface area (Å²) in [6.45, 7) is 1.15. The van der Waals surface area contributed by atoms with Crippen LogP contribution < -0.4 is 15.8 Å². The van der Waals surface area contributed by atoms with Crippen LogP contribution in [0.2, 0.25) is 0 Å². The summed E-state index contributed by atoms with van der Waals surface area (Å²) in [6.07, 6.45) is 0.801. The molecule has 0 aliphatic carbocycles.